The zero-order valence-corrected chi connectivity index (χ0v) is 17.8. The highest BCUT2D eigenvalue weighted by molar-refractivity contribution is 5.72. The first kappa shape index (κ1) is 22.1. The summed E-state index contributed by atoms with van der Waals surface area (Å²) in [4.78, 5) is 33.7. The Morgan fingerprint density at radius 2 is 1.76 bits per heavy atom. The zero-order chi connectivity index (χ0) is 23.9. The van der Waals surface area contributed by atoms with Crippen LogP contribution in [0.3, 0.4) is 0 Å². The largest absolute Gasteiger partial charge is 0.573 e. The maximum atomic E-state index is 12.9. The number of benzene rings is 1. The van der Waals surface area contributed by atoms with Gasteiger partial charge in [-0.05, 0) is 30.2 Å². The number of nitrogens with zero attached hydrogens (tertiary/aromatic N) is 5. The molecule has 12 heteroatoms. The van der Waals surface area contributed by atoms with E-state index >= 15 is 0 Å². The summed E-state index contributed by atoms with van der Waals surface area (Å²) in [5.41, 5.74) is 0.604. The van der Waals surface area contributed by atoms with Crippen molar-refractivity contribution in [2.75, 3.05) is 0 Å². The Morgan fingerprint density at radius 1 is 1.03 bits per heavy atom. The third-order valence-electron chi connectivity index (χ3n) is 4.83. The lowest BCUT2D eigenvalue weighted by Crippen LogP contribution is -2.37. The summed E-state index contributed by atoms with van der Waals surface area (Å²) < 4.78 is 51.0. The quantitative estimate of drug-likeness (QED) is 0.454. The molecule has 0 aliphatic rings. The van der Waals surface area contributed by atoms with Crippen LogP contribution in [0, 0.1) is 6.92 Å². The van der Waals surface area contributed by atoms with E-state index in [0.29, 0.717) is 0 Å². The van der Waals surface area contributed by atoms with Gasteiger partial charge in [-0.1, -0.05) is 12.1 Å². The number of fused-ring (bicyclic) bond motifs is 1. The summed E-state index contributed by atoms with van der Waals surface area (Å²) in [6.45, 7) is 1.97. The molecule has 0 atom stereocenters. The van der Waals surface area contributed by atoms with E-state index in [9.17, 15) is 22.8 Å². The first-order valence-electron chi connectivity index (χ1n) is 9.64. The summed E-state index contributed by atoms with van der Waals surface area (Å²) in [5.74, 6) is -0.480. The van der Waals surface area contributed by atoms with Crippen LogP contribution < -0.4 is 20.7 Å². The number of ether oxygens (including phenoxy) is 2. The van der Waals surface area contributed by atoms with Crippen molar-refractivity contribution in [3.05, 3.63) is 74.7 Å². The zero-order valence-electron chi connectivity index (χ0n) is 17.8. The first-order valence-corrected chi connectivity index (χ1v) is 9.64. The Hall–Kier alpha value is -4.09. The maximum Gasteiger partial charge on any atom is 0.573 e. The molecule has 0 amide bonds. The van der Waals surface area contributed by atoms with Crippen LogP contribution in [0.1, 0.15) is 11.1 Å². The minimum atomic E-state index is -4.87. The lowest BCUT2D eigenvalue weighted by Gasteiger charge is -2.12. The van der Waals surface area contributed by atoms with Gasteiger partial charge in [0.15, 0.2) is 11.2 Å². The number of aryl methyl sites for hydroxylation is 2. The Labute approximate surface area is 184 Å². The maximum absolute atomic E-state index is 12.9. The molecule has 0 N–H and O–H groups in total. The van der Waals surface area contributed by atoms with E-state index in [-0.39, 0.29) is 29.5 Å². The highest BCUT2D eigenvalue weighted by atomic mass is 19.4. The van der Waals surface area contributed by atoms with E-state index in [2.05, 4.69) is 14.7 Å². The summed E-state index contributed by atoms with van der Waals surface area (Å²) in [6.07, 6.45) is -1.59. The topological polar surface area (TPSA) is 93.2 Å². The van der Waals surface area contributed by atoms with Gasteiger partial charge in [-0.15, -0.1) is 13.2 Å². The smallest absolute Gasteiger partial charge is 0.425 e. The fourth-order valence-electron chi connectivity index (χ4n) is 3.38. The van der Waals surface area contributed by atoms with Crippen molar-refractivity contribution in [3.8, 4) is 17.5 Å². The molecule has 0 spiro atoms. The highest BCUT2D eigenvalue weighted by Gasteiger charge is 2.31. The number of hydrogen-bond donors (Lipinski definition) is 0. The number of pyridine rings is 1. The number of halogens is 3. The van der Waals surface area contributed by atoms with Crippen molar-refractivity contribution in [1.29, 1.82) is 0 Å². The minimum absolute atomic E-state index is 0.00232. The Bertz CT molecular complexity index is 1470. The molecule has 3 heterocycles. The molecular weight excluding hydrogens is 443 g/mol. The molecule has 0 aliphatic carbocycles. The van der Waals surface area contributed by atoms with E-state index in [1.165, 1.54) is 35.4 Å². The van der Waals surface area contributed by atoms with Crippen LogP contribution in [0.2, 0.25) is 0 Å². The molecule has 0 saturated heterocycles. The number of aromatic nitrogens is 5. The normalized spacial score (nSPS) is 11.7. The average molecular weight is 461 g/mol. The molecule has 1 aromatic carbocycles. The second kappa shape index (κ2) is 8.11. The SMILES string of the molecule is Cc1cncc(Cn2c(Oc3cccc(OC(F)(F)F)c3)nc3c2c(=O)n(C)c(=O)n3C)c1. The van der Waals surface area contributed by atoms with Crippen molar-refractivity contribution in [2.24, 2.45) is 14.1 Å². The van der Waals surface area contributed by atoms with Gasteiger partial charge >= 0.3 is 18.1 Å². The van der Waals surface area contributed by atoms with Crippen molar-refractivity contribution in [1.82, 2.24) is 23.7 Å². The molecule has 4 rings (SSSR count). The fraction of sp³-hybridized carbons (Fsp3) is 0.238. The molecule has 0 bridgehead atoms. The van der Waals surface area contributed by atoms with Gasteiger partial charge in [0.2, 0.25) is 0 Å². The van der Waals surface area contributed by atoms with E-state index in [0.717, 1.165) is 27.8 Å². The molecule has 0 unspecified atom stereocenters. The second-order valence-electron chi connectivity index (χ2n) is 7.35. The van der Waals surface area contributed by atoms with Crippen LogP contribution in [-0.2, 0) is 20.6 Å². The monoisotopic (exact) mass is 461 g/mol. The predicted molar refractivity (Wildman–Crippen MR) is 111 cm³/mol. The van der Waals surface area contributed by atoms with Gasteiger partial charge in [-0.3, -0.25) is 23.5 Å². The summed E-state index contributed by atoms with van der Waals surface area (Å²) in [6, 6.07) is 6.67. The Balaban J connectivity index is 1.86. The van der Waals surface area contributed by atoms with Gasteiger partial charge in [-0.25, -0.2) is 4.79 Å². The Morgan fingerprint density at radius 3 is 2.45 bits per heavy atom. The third kappa shape index (κ3) is 4.45. The fourth-order valence-corrected chi connectivity index (χ4v) is 3.38. The standard InChI is InChI=1S/C21H18F3N5O4/c1-12-7-13(10-25-9-12)11-29-16-17(27(2)20(31)28(3)18(16)30)26-19(29)32-14-5-4-6-15(8-14)33-21(22,23)24/h4-10H,11H2,1-3H3. The van der Waals surface area contributed by atoms with E-state index in [4.69, 9.17) is 4.74 Å². The van der Waals surface area contributed by atoms with Crippen LogP contribution in [0.4, 0.5) is 13.2 Å². The summed E-state index contributed by atoms with van der Waals surface area (Å²) in [5, 5.41) is 0. The molecular formula is C21H18F3N5O4. The minimum Gasteiger partial charge on any atom is -0.425 e. The van der Waals surface area contributed by atoms with Crippen molar-refractivity contribution in [3.63, 3.8) is 0 Å². The van der Waals surface area contributed by atoms with Crippen molar-refractivity contribution < 1.29 is 22.6 Å². The van der Waals surface area contributed by atoms with E-state index in [1.54, 1.807) is 12.4 Å². The van der Waals surface area contributed by atoms with Gasteiger partial charge in [0.1, 0.15) is 11.5 Å². The molecule has 0 fully saturated rings. The van der Waals surface area contributed by atoms with Gasteiger partial charge < -0.3 is 9.47 Å². The van der Waals surface area contributed by atoms with Crippen molar-refractivity contribution in [2.45, 2.75) is 19.8 Å². The number of rotatable bonds is 5. The van der Waals surface area contributed by atoms with E-state index in [1.807, 2.05) is 13.0 Å². The van der Waals surface area contributed by atoms with Gasteiger partial charge in [0.25, 0.3) is 5.56 Å². The van der Waals surface area contributed by atoms with Gasteiger partial charge in [0, 0.05) is 32.6 Å². The van der Waals surface area contributed by atoms with Crippen molar-refractivity contribution >= 4 is 11.2 Å². The van der Waals surface area contributed by atoms with Crippen LogP contribution in [-0.4, -0.2) is 30.0 Å². The second-order valence-corrected chi connectivity index (χ2v) is 7.35. The molecule has 0 radical (unpaired) electrons. The van der Waals surface area contributed by atoms with Crippen LogP contribution in [0.15, 0.2) is 52.3 Å². The van der Waals surface area contributed by atoms with E-state index < -0.39 is 23.4 Å². The molecule has 172 valence electrons. The summed E-state index contributed by atoms with van der Waals surface area (Å²) >= 11 is 0. The van der Waals surface area contributed by atoms with Gasteiger partial charge in [-0.2, -0.15) is 4.98 Å². The molecule has 4 aromatic rings. The Kier molecular flexibility index (Phi) is 5.44. The highest BCUT2D eigenvalue weighted by Crippen LogP contribution is 2.30. The third-order valence-corrected chi connectivity index (χ3v) is 4.83. The molecule has 9 nitrogen and oxygen atoms in total. The lowest BCUT2D eigenvalue weighted by molar-refractivity contribution is -0.274. The lowest BCUT2D eigenvalue weighted by atomic mass is 10.2. The average Bonchev–Trinajstić information content (AvgIpc) is 3.08. The summed E-state index contributed by atoms with van der Waals surface area (Å²) in [7, 11) is 2.80. The predicted octanol–water partition coefficient (Wildman–Crippen LogP) is 2.88. The van der Waals surface area contributed by atoms with Gasteiger partial charge in [0.05, 0.1) is 6.54 Å². The van der Waals surface area contributed by atoms with Crippen LogP contribution >= 0.6 is 0 Å². The molecule has 0 aliphatic heterocycles. The molecule has 3 aromatic heterocycles. The number of imidazole rings is 1. The van der Waals surface area contributed by atoms with Crippen LogP contribution in [0.5, 0.6) is 17.5 Å². The number of hydrogen-bond acceptors (Lipinski definition) is 6. The van der Waals surface area contributed by atoms with Crippen LogP contribution in [0.25, 0.3) is 11.2 Å². The molecule has 0 saturated carbocycles. The molecule has 33 heavy (non-hydrogen) atoms. The number of alkyl halides is 3. The first-order chi connectivity index (χ1) is 15.5.